The Morgan fingerprint density at radius 1 is 1.36 bits per heavy atom. The Bertz CT molecular complexity index is 791. The average Bonchev–Trinajstić information content (AvgIpc) is 3.15. The van der Waals surface area contributed by atoms with Crippen LogP contribution in [-0.4, -0.2) is 28.9 Å². The first kappa shape index (κ1) is 14.1. The molecule has 1 amide bonds. The Morgan fingerprint density at radius 2 is 2.14 bits per heavy atom. The van der Waals surface area contributed by atoms with Gasteiger partial charge in [0.15, 0.2) is 11.6 Å². The van der Waals surface area contributed by atoms with Gasteiger partial charge in [0.2, 0.25) is 0 Å². The van der Waals surface area contributed by atoms with Crippen LogP contribution in [0.25, 0.3) is 10.6 Å². The van der Waals surface area contributed by atoms with E-state index in [4.69, 9.17) is 0 Å². The predicted octanol–water partition coefficient (Wildman–Crippen LogP) is 1.55. The highest BCUT2D eigenvalue weighted by molar-refractivity contribution is 7.13. The fourth-order valence-corrected chi connectivity index (χ4v) is 2.78. The molecule has 6 nitrogen and oxygen atoms in total. The Morgan fingerprint density at radius 3 is 2.86 bits per heavy atom. The van der Waals surface area contributed by atoms with Gasteiger partial charge in [-0.15, -0.1) is 11.3 Å². The number of aromatic nitrogens is 1. The summed E-state index contributed by atoms with van der Waals surface area (Å²) >= 11 is 1.39. The number of hydrogen-bond donors (Lipinski definition) is 2. The molecule has 1 aromatic heterocycles. The third-order valence-corrected chi connectivity index (χ3v) is 3.88. The summed E-state index contributed by atoms with van der Waals surface area (Å²) in [5, 5.41) is 6.68. The molecule has 7 heteroatoms. The number of hydrazine groups is 1. The first-order valence-electron chi connectivity index (χ1n) is 6.46. The largest absolute Gasteiger partial charge is 0.317 e. The van der Waals surface area contributed by atoms with E-state index in [0.29, 0.717) is 11.4 Å². The number of nitrogens with one attached hydrogen (secondary N) is 2. The molecule has 0 saturated heterocycles. The summed E-state index contributed by atoms with van der Waals surface area (Å²) in [7, 11) is 1.72. The maximum atomic E-state index is 12.2. The molecule has 0 radical (unpaired) electrons. The fourth-order valence-electron chi connectivity index (χ4n) is 1.98. The van der Waals surface area contributed by atoms with Crippen LogP contribution in [0.4, 0.5) is 0 Å². The topological polar surface area (TPSA) is 74.3 Å². The minimum atomic E-state index is -0.366. The van der Waals surface area contributed by atoms with Crippen LogP contribution in [-0.2, 0) is 4.79 Å². The van der Waals surface area contributed by atoms with Crippen molar-refractivity contribution in [3.8, 4) is 10.6 Å². The van der Waals surface area contributed by atoms with Gasteiger partial charge in [0.05, 0.1) is 5.70 Å². The van der Waals surface area contributed by atoms with E-state index in [0.717, 1.165) is 10.6 Å². The Kier molecular flexibility index (Phi) is 3.74. The molecule has 0 bridgehead atoms. The van der Waals surface area contributed by atoms with Gasteiger partial charge in [0.25, 0.3) is 5.91 Å². The zero-order valence-corrected chi connectivity index (χ0v) is 12.5. The van der Waals surface area contributed by atoms with Crippen molar-refractivity contribution in [2.75, 3.05) is 7.05 Å². The molecule has 3 rings (SSSR count). The molecule has 1 aliphatic rings. The molecule has 0 spiro atoms. The zero-order valence-electron chi connectivity index (χ0n) is 11.7. The lowest BCUT2D eigenvalue weighted by atomic mass is 10.2. The lowest BCUT2D eigenvalue weighted by Crippen LogP contribution is -2.26. The third-order valence-electron chi connectivity index (χ3n) is 2.99. The summed E-state index contributed by atoms with van der Waals surface area (Å²) in [6.07, 6.45) is 1.60. The van der Waals surface area contributed by atoms with Crippen molar-refractivity contribution >= 4 is 23.2 Å². The summed E-state index contributed by atoms with van der Waals surface area (Å²) in [5.74, 6) is 1.38. The number of thiazole rings is 1. The van der Waals surface area contributed by atoms with E-state index in [1.54, 1.807) is 29.6 Å². The molecule has 2 heterocycles. The number of carbonyl (C=O) groups excluding carboxylic acids is 2. The van der Waals surface area contributed by atoms with E-state index >= 15 is 0 Å². The van der Waals surface area contributed by atoms with Gasteiger partial charge >= 0.3 is 0 Å². The van der Waals surface area contributed by atoms with Crippen molar-refractivity contribution in [3.63, 3.8) is 0 Å². The maximum absolute atomic E-state index is 12.2. The van der Waals surface area contributed by atoms with Crippen molar-refractivity contribution in [3.05, 3.63) is 59.0 Å². The molecule has 0 atom stereocenters. The third kappa shape index (κ3) is 2.76. The molecule has 0 unspecified atom stereocenters. The molecule has 0 fully saturated rings. The number of benzene rings is 1. The van der Waals surface area contributed by atoms with Crippen LogP contribution < -0.4 is 10.7 Å². The second-order valence-electron chi connectivity index (χ2n) is 4.60. The molecule has 1 aliphatic heterocycles. The quantitative estimate of drug-likeness (QED) is 0.841. The second-order valence-corrected chi connectivity index (χ2v) is 5.46. The lowest BCUT2D eigenvalue weighted by molar-refractivity contribution is 0.0962. The molecular weight excluding hydrogens is 300 g/mol. The van der Waals surface area contributed by atoms with Crippen molar-refractivity contribution in [1.29, 1.82) is 0 Å². The van der Waals surface area contributed by atoms with Crippen molar-refractivity contribution in [2.24, 2.45) is 0 Å². The summed E-state index contributed by atoms with van der Waals surface area (Å²) in [6.45, 7) is 0. The summed E-state index contributed by atoms with van der Waals surface area (Å²) in [5.41, 5.74) is 4.57. The molecule has 22 heavy (non-hydrogen) atoms. The van der Waals surface area contributed by atoms with Crippen molar-refractivity contribution in [1.82, 2.24) is 20.7 Å². The average molecular weight is 312 g/mol. The zero-order chi connectivity index (χ0) is 15.5. The van der Waals surface area contributed by atoms with Gasteiger partial charge in [0, 0.05) is 24.2 Å². The maximum Gasteiger partial charge on any atom is 0.275 e. The molecular formula is C15H12N4O2S. The van der Waals surface area contributed by atoms with Gasteiger partial charge in [0.1, 0.15) is 10.7 Å². The van der Waals surface area contributed by atoms with Crippen LogP contribution in [0, 0.1) is 0 Å². The monoisotopic (exact) mass is 312 g/mol. The molecule has 2 aromatic rings. The summed E-state index contributed by atoms with van der Waals surface area (Å²) in [6, 6.07) is 9.64. The first-order chi connectivity index (χ1) is 10.7. The smallest absolute Gasteiger partial charge is 0.275 e. The van der Waals surface area contributed by atoms with Crippen molar-refractivity contribution in [2.45, 2.75) is 0 Å². The number of carbonyl (C=O) groups is 1. The Labute approximate surface area is 130 Å². The minimum Gasteiger partial charge on any atom is -0.317 e. The van der Waals surface area contributed by atoms with E-state index in [9.17, 15) is 9.59 Å². The standard InChI is InChI=1S/C15H12N4O2S/c1-19-7-11(12(8-20)18-19)16-14(21)13-9-22-15(17-13)10-5-3-2-4-6-10/h2-7,9,18H,1H3,(H,16,21). The number of amides is 1. The van der Waals surface area contributed by atoms with Crippen LogP contribution >= 0.6 is 11.3 Å². The highest BCUT2D eigenvalue weighted by Gasteiger charge is 2.20. The molecule has 0 saturated carbocycles. The van der Waals surface area contributed by atoms with Gasteiger partial charge in [-0.25, -0.2) is 9.78 Å². The van der Waals surface area contributed by atoms with Gasteiger partial charge < -0.3 is 5.32 Å². The number of nitrogens with zero attached hydrogens (tertiary/aromatic N) is 2. The molecule has 1 aromatic carbocycles. The SMILES string of the molecule is CN1C=C(NC(=O)c2csc(-c3ccccc3)n2)C(=C=O)N1. The van der Waals surface area contributed by atoms with Crippen LogP contribution in [0.1, 0.15) is 10.5 Å². The van der Waals surface area contributed by atoms with Crippen LogP contribution in [0.2, 0.25) is 0 Å². The Balaban J connectivity index is 1.78. The van der Waals surface area contributed by atoms with Crippen LogP contribution in [0.15, 0.2) is 53.3 Å². The fraction of sp³-hybridized carbons (Fsp3) is 0.0667. The minimum absolute atomic E-state index is 0.189. The summed E-state index contributed by atoms with van der Waals surface area (Å²) in [4.78, 5) is 27.4. The molecule has 2 N–H and O–H groups in total. The van der Waals surface area contributed by atoms with Gasteiger partial charge in [-0.05, 0) is 0 Å². The normalized spacial score (nSPS) is 13.4. The van der Waals surface area contributed by atoms with E-state index in [1.165, 1.54) is 11.3 Å². The summed E-state index contributed by atoms with van der Waals surface area (Å²) < 4.78 is 0. The predicted molar refractivity (Wildman–Crippen MR) is 83.2 cm³/mol. The van der Waals surface area contributed by atoms with E-state index in [1.807, 2.05) is 30.3 Å². The van der Waals surface area contributed by atoms with Gasteiger partial charge in [-0.1, -0.05) is 30.3 Å². The van der Waals surface area contributed by atoms with Crippen LogP contribution in [0.5, 0.6) is 0 Å². The van der Waals surface area contributed by atoms with E-state index in [2.05, 4.69) is 15.7 Å². The van der Waals surface area contributed by atoms with Gasteiger partial charge in [-0.3, -0.25) is 15.2 Å². The molecule has 110 valence electrons. The van der Waals surface area contributed by atoms with Crippen molar-refractivity contribution < 1.29 is 9.59 Å². The Hall–Kier alpha value is -2.89. The molecule has 0 aliphatic carbocycles. The van der Waals surface area contributed by atoms with E-state index in [-0.39, 0.29) is 11.6 Å². The second kappa shape index (κ2) is 5.85. The highest BCUT2D eigenvalue weighted by Crippen LogP contribution is 2.23. The number of hydrogen-bond acceptors (Lipinski definition) is 6. The van der Waals surface area contributed by atoms with Gasteiger partial charge in [-0.2, -0.15) is 0 Å². The first-order valence-corrected chi connectivity index (χ1v) is 7.34. The highest BCUT2D eigenvalue weighted by atomic mass is 32.1. The lowest BCUT2D eigenvalue weighted by Gasteiger charge is -2.06. The van der Waals surface area contributed by atoms with E-state index < -0.39 is 0 Å². The van der Waals surface area contributed by atoms with Crippen LogP contribution in [0.3, 0.4) is 0 Å². The number of rotatable bonds is 3.